The zero-order valence-electron chi connectivity index (χ0n) is 12.4. The summed E-state index contributed by atoms with van der Waals surface area (Å²) in [6.07, 6.45) is -2.03. The Morgan fingerprint density at radius 3 is 2.56 bits per heavy atom. The van der Waals surface area contributed by atoms with Crippen LogP contribution in [-0.2, 0) is 0 Å². The Kier molecular flexibility index (Phi) is 3.30. The van der Waals surface area contributed by atoms with E-state index in [1.54, 1.807) is 0 Å². The molecule has 1 aliphatic heterocycles. The highest BCUT2D eigenvalue weighted by atomic mass is 19.3. The van der Waals surface area contributed by atoms with Gasteiger partial charge >= 0.3 is 5.92 Å². The molecule has 0 saturated heterocycles. The Hall–Kier alpha value is -2.61. The number of H-pyrrole nitrogens is 1. The third-order valence-corrected chi connectivity index (χ3v) is 4.18. The fraction of sp³-hybridized carbons (Fsp3) is 0.176. The van der Waals surface area contributed by atoms with Gasteiger partial charge in [-0.2, -0.15) is 8.78 Å². The Labute approximate surface area is 137 Å². The van der Waals surface area contributed by atoms with Crippen LogP contribution >= 0.6 is 0 Å². The fourth-order valence-electron chi connectivity index (χ4n) is 3.09. The number of aliphatic hydroxyl groups is 1. The molecule has 0 amide bonds. The molecule has 8 heteroatoms. The van der Waals surface area contributed by atoms with Gasteiger partial charge in [0, 0.05) is 28.6 Å². The maximum Gasteiger partial charge on any atom is 0.310 e. The molecule has 2 N–H and O–H groups in total. The quantitative estimate of drug-likeness (QED) is 0.673. The minimum atomic E-state index is -3.75. The SMILES string of the molecule is OCC(F)(F)[C@@H]1Oc2cc(F)ccc2-c2[nH]c3c(F)cc(F)cc3c21. The second-order valence-electron chi connectivity index (χ2n) is 5.78. The molecule has 0 aliphatic carbocycles. The van der Waals surface area contributed by atoms with E-state index in [0.717, 1.165) is 18.2 Å². The van der Waals surface area contributed by atoms with Crippen LogP contribution in [0.25, 0.3) is 22.2 Å². The number of benzene rings is 2. The van der Waals surface area contributed by atoms with Gasteiger partial charge in [0.1, 0.15) is 29.8 Å². The van der Waals surface area contributed by atoms with E-state index in [1.165, 1.54) is 6.07 Å². The highest BCUT2D eigenvalue weighted by molar-refractivity contribution is 5.93. The first kappa shape index (κ1) is 15.9. The molecule has 0 unspecified atom stereocenters. The van der Waals surface area contributed by atoms with Gasteiger partial charge < -0.3 is 14.8 Å². The number of aromatic nitrogens is 1. The van der Waals surface area contributed by atoms with Crippen LogP contribution < -0.4 is 4.74 Å². The number of hydrogen-bond acceptors (Lipinski definition) is 2. The number of aliphatic hydroxyl groups excluding tert-OH is 1. The fourth-order valence-corrected chi connectivity index (χ4v) is 3.09. The molecule has 0 spiro atoms. The van der Waals surface area contributed by atoms with Crippen LogP contribution in [0.2, 0.25) is 0 Å². The average molecular weight is 355 g/mol. The number of ether oxygens (including phenoxy) is 1. The smallest absolute Gasteiger partial charge is 0.310 e. The Morgan fingerprint density at radius 1 is 1.08 bits per heavy atom. The molecule has 2 aromatic carbocycles. The van der Waals surface area contributed by atoms with Gasteiger partial charge in [0.15, 0.2) is 6.10 Å². The van der Waals surface area contributed by atoms with Gasteiger partial charge in [-0.1, -0.05) is 0 Å². The summed E-state index contributed by atoms with van der Waals surface area (Å²) < 4.78 is 74.9. The van der Waals surface area contributed by atoms with Crippen molar-refractivity contribution in [3.63, 3.8) is 0 Å². The van der Waals surface area contributed by atoms with E-state index in [4.69, 9.17) is 9.84 Å². The maximum atomic E-state index is 14.2. The lowest BCUT2D eigenvalue weighted by Crippen LogP contribution is -2.35. The molecule has 3 aromatic rings. The molecule has 0 fully saturated rings. The predicted molar refractivity (Wildman–Crippen MR) is 79.0 cm³/mol. The van der Waals surface area contributed by atoms with Crippen molar-refractivity contribution in [2.24, 2.45) is 0 Å². The van der Waals surface area contributed by atoms with Crippen molar-refractivity contribution in [2.45, 2.75) is 12.0 Å². The Bertz CT molecular complexity index is 998. The lowest BCUT2D eigenvalue weighted by molar-refractivity contribution is -0.128. The normalized spacial score (nSPS) is 16.5. The van der Waals surface area contributed by atoms with Crippen molar-refractivity contribution >= 4 is 10.9 Å². The van der Waals surface area contributed by atoms with Crippen molar-refractivity contribution in [1.82, 2.24) is 4.98 Å². The van der Waals surface area contributed by atoms with E-state index in [2.05, 4.69) is 4.98 Å². The number of aromatic amines is 1. The van der Waals surface area contributed by atoms with E-state index >= 15 is 0 Å². The van der Waals surface area contributed by atoms with Crippen LogP contribution in [-0.4, -0.2) is 22.6 Å². The first-order valence-corrected chi connectivity index (χ1v) is 7.27. The predicted octanol–water partition coefficient (Wildman–Crippen LogP) is 4.31. The minimum absolute atomic E-state index is 0.0684. The largest absolute Gasteiger partial charge is 0.478 e. The summed E-state index contributed by atoms with van der Waals surface area (Å²) in [4.78, 5) is 2.65. The van der Waals surface area contributed by atoms with Crippen LogP contribution in [0, 0.1) is 17.5 Å². The van der Waals surface area contributed by atoms with E-state index in [1.807, 2.05) is 0 Å². The molecule has 0 radical (unpaired) electrons. The summed E-state index contributed by atoms with van der Waals surface area (Å²) >= 11 is 0. The van der Waals surface area contributed by atoms with Crippen LogP contribution in [0.1, 0.15) is 11.7 Å². The summed E-state index contributed by atoms with van der Waals surface area (Å²) in [5.74, 6) is -6.54. The summed E-state index contributed by atoms with van der Waals surface area (Å²) in [5, 5.41) is 8.91. The summed E-state index contributed by atoms with van der Waals surface area (Å²) in [5.41, 5.74) is -0.0613. The molecule has 0 saturated carbocycles. The zero-order chi connectivity index (χ0) is 17.9. The van der Waals surface area contributed by atoms with E-state index in [9.17, 15) is 22.0 Å². The highest BCUT2D eigenvalue weighted by Gasteiger charge is 2.47. The number of alkyl halides is 2. The topological polar surface area (TPSA) is 45.2 Å². The van der Waals surface area contributed by atoms with Crippen molar-refractivity contribution in [3.8, 4) is 17.0 Å². The molecule has 0 bridgehead atoms. The first-order chi connectivity index (χ1) is 11.8. The van der Waals surface area contributed by atoms with Gasteiger partial charge in [-0.05, 0) is 18.2 Å². The number of nitrogens with one attached hydrogen (secondary N) is 1. The summed E-state index contributed by atoms with van der Waals surface area (Å²) in [6.45, 7) is -1.55. The number of rotatable bonds is 2. The van der Waals surface area contributed by atoms with Crippen molar-refractivity contribution in [1.29, 1.82) is 0 Å². The van der Waals surface area contributed by atoms with Crippen LogP contribution in [0.4, 0.5) is 22.0 Å². The molecule has 1 atom stereocenters. The van der Waals surface area contributed by atoms with E-state index in [-0.39, 0.29) is 33.5 Å². The zero-order valence-corrected chi connectivity index (χ0v) is 12.4. The molecule has 1 aliphatic rings. The molecule has 130 valence electrons. The monoisotopic (exact) mass is 355 g/mol. The van der Waals surface area contributed by atoms with Gasteiger partial charge in [0.2, 0.25) is 0 Å². The van der Waals surface area contributed by atoms with Crippen LogP contribution in [0.15, 0.2) is 30.3 Å². The Morgan fingerprint density at radius 2 is 1.84 bits per heavy atom. The standard InChI is InChI=1S/C17H10F5NO2/c18-7-1-2-9-12(5-7)25-16(17(21,22)6-24)13-10-3-8(19)4-11(20)14(10)23-15(9)13/h1-5,16,23-24H,6H2/t16-/m1/s1. The minimum Gasteiger partial charge on any atom is -0.478 e. The summed E-state index contributed by atoms with van der Waals surface area (Å²) in [7, 11) is 0. The lowest BCUT2D eigenvalue weighted by atomic mass is 9.93. The molecule has 4 rings (SSSR count). The van der Waals surface area contributed by atoms with Crippen molar-refractivity contribution in [2.75, 3.05) is 6.61 Å². The van der Waals surface area contributed by atoms with Gasteiger partial charge in [-0.25, -0.2) is 13.2 Å². The lowest BCUT2D eigenvalue weighted by Gasteiger charge is -2.31. The van der Waals surface area contributed by atoms with Gasteiger partial charge in [0.05, 0.1) is 11.2 Å². The molecule has 2 heterocycles. The average Bonchev–Trinajstić information content (AvgIpc) is 2.93. The Balaban J connectivity index is 2.09. The first-order valence-electron chi connectivity index (χ1n) is 7.27. The second-order valence-corrected chi connectivity index (χ2v) is 5.78. The van der Waals surface area contributed by atoms with Gasteiger partial charge in [-0.3, -0.25) is 0 Å². The summed E-state index contributed by atoms with van der Waals surface area (Å²) in [6, 6.07) is 4.84. The molecular weight excluding hydrogens is 345 g/mol. The van der Waals surface area contributed by atoms with Gasteiger partial charge in [-0.15, -0.1) is 0 Å². The number of hydrogen-bond donors (Lipinski definition) is 2. The maximum absolute atomic E-state index is 14.2. The van der Waals surface area contributed by atoms with Crippen LogP contribution in [0.5, 0.6) is 5.75 Å². The second kappa shape index (κ2) is 5.19. The molecule has 1 aromatic heterocycles. The highest BCUT2D eigenvalue weighted by Crippen LogP contribution is 2.50. The van der Waals surface area contributed by atoms with Crippen molar-refractivity contribution < 1.29 is 31.8 Å². The van der Waals surface area contributed by atoms with Gasteiger partial charge in [0.25, 0.3) is 0 Å². The van der Waals surface area contributed by atoms with Crippen LogP contribution in [0.3, 0.4) is 0 Å². The third-order valence-electron chi connectivity index (χ3n) is 4.18. The third kappa shape index (κ3) is 2.28. The number of halogens is 5. The van der Waals surface area contributed by atoms with E-state index in [0.29, 0.717) is 6.07 Å². The molecule has 3 nitrogen and oxygen atoms in total. The van der Waals surface area contributed by atoms with Crippen molar-refractivity contribution in [3.05, 3.63) is 53.3 Å². The number of fused-ring (bicyclic) bond motifs is 5. The molecule has 25 heavy (non-hydrogen) atoms. The van der Waals surface area contributed by atoms with E-state index < -0.39 is 36.1 Å². The molecular formula is C17H10F5NO2.